The van der Waals surface area contributed by atoms with Crippen molar-refractivity contribution in [3.63, 3.8) is 0 Å². The van der Waals surface area contributed by atoms with Crippen molar-refractivity contribution in [2.75, 3.05) is 31.1 Å². The number of aromatic nitrogens is 1. The topological polar surface area (TPSA) is 45.4 Å². The normalized spacial score (nSPS) is 19.6. The van der Waals surface area contributed by atoms with Gasteiger partial charge in [-0.25, -0.2) is 4.98 Å². The van der Waals surface area contributed by atoms with E-state index in [1.165, 1.54) is 4.88 Å². The minimum Gasteiger partial charge on any atom is -0.346 e. The van der Waals surface area contributed by atoms with Crippen molar-refractivity contribution < 1.29 is 0 Å². The molecule has 1 aliphatic rings. The van der Waals surface area contributed by atoms with Gasteiger partial charge in [0.1, 0.15) is 0 Å². The van der Waals surface area contributed by atoms with E-state index in [1.807, 2.05) is 6.92 Å². The summed E-state index contributed by atoms with van der Waals surface area (Å²) < 4.78 is 0. The Labute approximate surface area is 114 Å². The SMILES string of the molecule is Cc1nc(N2CCN(C(C)C)CC2)sc1C(C)N. The highest BCUT2D eigenvalue weighted by Crippen LogP contribution is 2.30. The fraction of sp³-hybridized carbons (Fsp3) is 0.769. The van der Waals surface area contributed by atoms with Crippen LogP contribution in [0, 0.1) is 6.92 Å². The van der Waals surface area contributed by atoms with Crippen molar-refractivity contribution in [2.45, 2.75) is 39.8 Å². The number of nitrogens with zero attached hydrogens (tertiary/aromatic N) is 3. The third-order valence-corrected chi connectivity index (χ3v) is 4.97. The lowest BCUT2D eigenvalue weighted by Gasteiger charge is -2.36. The van der Waals surface area contributed by atoms with Crippen LogP contribution in [0.15, 0.2) is 0 Å². The summed E-state index contributed by atoms with van der Waals surface area (Å²) in [6.45, 7) is 13.0. The standard InChI is InChI=1S/C13H24N4S/c1-9(2)16-5-7-17(8-6-16)13-15-11(4)12(18-13)10(3)14/h9-10H,5-8,14H2,1-4H3. The van der Waals surface area contributed by atoms with Crippen LogP contribution in [0.2, 0.25) is 0 Å². The number of nitrogens with two attached hydrogens (primary N) is 1. The zero-order chi connectivity index (χ0) is 13.3. The predicted molar refractivity (Wildman–Crippen MR) is 78.4 cm³/mol. The van der Waals surface area contributed by atoms with E-state index < -0.39 is 0 Å². The van der Waals surface area contributed by atoms with Gasteiger partial charge in [0.15, 0.2) is 5.13 Å². The molecule has 2 heterocycles. The average molecular weight is 268 g/mol. The molecule has 2 N–H and O–H groups in total. The molecule has 1 aromatic rings. The highest BCUT2D eigenvalue weighted by atomic mass is 32.1. The number of thiazole rings is 1. The fourth-order valence-electron chi connectivity index (χ4n) is 2.38. The Bertz CT molecular complexity index is 392. The van der Waals surface area contributed by atoms with Crippen LogP contribution in [0.1, 0.15) is 37.4 Å². The van der Waals surface area contributed by atoms with Crippen LogP contribution in [0.25, 0.3) is 0 Å². The lowest BCUT2D eigenvalue weighted by Crippen LogP contribution is -2.48. The van der Waals surface area contributed by atoms with Gasteiger partial charge in [0.05, 0.1) is 5.69 Å². The third-order valence-electron chi connectivity index (χ3n) is 3.55. The molecule has 1 atom stereocenters. The molecule has 0 radical (unpaired) electrons. The Morgan fingerprint density at radius 1 is 1.17 bits per heavy atom. The van der Waals surface area contributed by atoms with Gasteiger partial charge in [-0.1, -0.05) is 0 Å². The van der Waals surface area contributed by atoms with Crippen LogP contribution in [0.4, 0.5) is 5.13 Å². The summed E-state index contributed by atoms with van der Waals surface area (Å²) in [6, 6.07) is 0.734. The van der Waals surface area contributed by atoms with Gasteiger partial charge in [-0.15, -0.1) is 11.3 Å². The first-order valence-corrected chi connectivity index (χ1v) is 7.52. The smallest absolute Gasteiger partial charge is 0.185 e. The van der Waals surface area contributed by atoms with Crippen molar-refractivity contribution in [1.82, 2.24) is 9.88 Å². The van der Waals surface area contributed by atoms with E-state index in [0.29, 0.717) is 6.04 Å². The summed E-state index contributed by atoms with van der Waals surface area (Å²) in [5.74, 6) is 0. The van der Waals surface area contributed by atoms with Crippen molar-refractivity contribution >= 4 is 16.5 Å². The van der Waals surface area contributed by atoms with E-state index in [1.54, 1.807) is 11.3 Å². The molecule has 1 aliphatic heterocycles. The monoisotopic (exact) mass is 268 g/mol. The van der Waals surface area contributed by atoms with Crippen LogP contribution in [0.3, 0.4) is 0 Å². The highest BCUT2D eigenvalue weighted by molar-refractivity contribution is 7.15. The van der Waals surface area contributed by atoms with Crippen LogP contribution >= 0.6 is 11.3 Å². The van der Waals surface area contributed by atoms with E-state index >= 15 is 0 Å². The minimum absolute atomic E-state index is 0.0909. The maximum atomic E-state index is 5.96. The molecule has 0 amide bonds. The molecule has 18 heavy (non-hydrogen) atoms. The molecule has 2 rings (SSSR count). The average Bonchev–Trinajstić information content (AvgIpc) is 2.71. The van der Waals surface area contributed by atoms with Crippen LogP contribution in [-0.4, -0.2) is 42.1 Å². The second-order valence-electron chi connectivity index (χ2n) is 5.35. The second-order valence-corrected chi connectivity index (χ2v) is 6.36. The third kappa shape index (κ3) is 2.84. The lowest BCUT2D eigenvalue weighted by atomic mass is 10.2. The van der Waals surface area contributed by atoms with Crippen LogP contribution < -0.4 is 10.6 Å². The molecule has 5 heteroatoms. The van der Waals surface area contributed by atoms with Crippen molar-refractivity contribution in [1.29, 1.82) is 0 Å². The molecular weight excluding hydrogens is 244 g/mol. The quantitative estimate of drug-likeness (QED) is 0.911. The molecule has 0 aliphatic carbocycles. The first kappa shape index (κ1) is 13.8. The van der Waals surface area contributed by atoms with E-state index in [0.717, 1.165) is 37.0 Å². The van der Waals surface area contributed by atoms with Gasteiger partial charge < -0.3 is 10.6 Å². The zero-order valence-electron chi connectivity index (χ0n) is 11.8. The summed E-state index contributed by atoms with van der Waals surface area (Å²) in [5.41, 5.74) is 7.06. The second kappa shape index (κ2) is 5.55. The summed E-state index contributed by atoms with van der Waals surface area (Å²) in [5, 5.41) is 1.14. The number of hydrogen-bond donors (Lipinski definition) is 1. The molecule has 1 unspecified atom stereocenters. The number of rotatable bonds is 3. The largest absolute Gasteiger partial charge is 0.346 e. The van der Waals surface area contributed by atoms with Crippen molar-refractivity contribution in [3.05, 3.63) is 10.6 Å². The van der Waals surface area contributed by atoms with E-state index in [4.69, 9.17) is 5.73 Å². The fourth-order valence-corrected chi connectivity index (χ4v) is 3.45. The van der Waals surface area contributed by atoms with Crippen molar-refractivity contribution in [3.8, 4) is 0 Å². The molecule has 0 saturated carbocycles. The van der Waals surface area contributed by atoms with Gasteiger partial charge in [0, 0.05) is 43.1 Å². The van der Waals surface area contributed by atoms with Gasteiger partial charge >= 0.3 is 0 Å². The minimum atomic E-state index is 0.0909. The van der Waals surface area contributed by atoms with Crippen molar-refractivity contribution in [2.24, 2.45) is 5.73 Å². The predicted octanol–water partition coefficient (Wildman–Crippen LogP) is 2.00. The van der Waals surface area contributed by atoms with Gasteiger partial charge in [-0.05, 0) is 27.7 Å². The molecule has 0 aromatic carbocycles. The van der Waals surface area contributed by atoms with Crippen LogP contribution in [-0.2, 0) is 0 Å². The number of aryl methyl sites for hydroxylation is 1. The van der Waals surface area contributed by atoms with E-state index in [2.05, 4.69) is 35.6 Å². The van der Waals surface area contributed by atoms with Gasteiger partial charge in [-0.3, -0.25) is 4.90 Å². The summed E-state index contributed by atoms with van der Waals surface area (Å²) >= 11 is 1.76. The Kier molecular flexibility index (Phi) is 4.25. The highest BCUT2D eigenvalue weighted by Gasteiger charge is 2.22. The molecule has 1 aromatic heterocycles. The van der Waals surface area contributed by atoms with E-state index in [9.17, 15) is 0 Å². The molecule has 0 spiro atoms. The Hall–Kier alpha value is -0.650. The summed E-state index contributed by atoms with van der Waals surface area (Å²) in [6.07, 6.45) is 0. The molecule has 102 valence electrons. The Morgan fingerprint density at radius 2 is 1.78 bits per heavy atom. The molecule has 0 bridgehead atoms. The lowest BCUT2D eigenvalue weighted by molar-refractivity contribution is 0.209. The molecule has 1 fully saturated rings. The maximum Gasteiger partial charge on any atom is 0.185 e. The summed E-state index contributed by atoms with van der Waals surface area (Å²) in [4.78, 5) is 10.8. The van der Waals surface area contributed by atoms with E-state index in [-0.39, 0.29) is 6.04 Å². The summed E-state index contributed by atoms with van der Waals surface area (Å²) in [7, 11) is 0. The first-order valence-electron chi connectivity index (χ1n) is 6.71. The first-order chi connectivity index (χ1) is 8.49. The Morgan fingerprint density at radius 3 is 2.22 bits per heavy atom. The van der Waals surface area contributed by atoms with Gasteiger partial charge in [-0.2, -0.15) is 0 Å². The molecular formula is C13H24N4S. The van der Waals surface area contributed by atoms with Gasteiger partial charge in [0.25, 0.3) is 0 Å². The Balaban J connectivity index is 2.03. The maximum absolute atomic E-state index is 5.96. The number of anilines is 1. The number of piperazine rings is 1. The molecule has 4 nitrogen and oxygen atoms in total. The van der Waals surface area contributed by atoms with Crippen LogP contribution in [0.5, 0.6) is 0 Å². The number of hydrogen-bond acceptors (Lipinski definition) is 5. The molecule has 1 saturated heterocycles. The zero-order valence-corrected chi connectivity index (χ0v) is 12.6. The van der Waals surface area contributed by atoms with Gasteiger partial charge in [0.2, 0.25) is 0 Å².